The molecule has 0 radical (unpaired) electrons. The molecule has 0 aliphatic heterocycles. The van der Waals surface area contributed by atoms with Crippen LogP contribution in [0.3, 0.4) is 0 Å². The molecule has 0 bridgehead atoms. The average molecular weight is 389 g/mol. The van der Waals surface area contributed by atoms with Gasteiger partial charge in [0.15, 0.2) is 0 Å². The number of hydrogen-bond donors (Lipinski definition) is 1. The largest absolute Gasteiger partial charge is 0.456 e. The number of rotatable bonds is 3. The molecular weight excluding hydrogens is 370 g/mol. The lowest BCUT2D eigenvalue weighted by Gasteiger charge is -2.05. The molecule has 3 nitrogen and oxygen atoms in total. The Morgan fingerprint density at radius 2 is 1.20 bits per heavy atom. The van der Waals surface area contributed by atoms with Crippen LogP contribution < -0.4 is 5.73 Å². The van der Waals surface area contributed by atoms with Crippen molar-refractivity contribution in [1.82, 2.24) is 0 Å². The summed E-state index contributed by atoms with van der Waals surface area (Å²) in [5.41, 5.74) is 13.1. The normalized spacial score (nSPS) is 12.5. The smallest absolute Gasteiger partial charge is 0.136 e. The third-order valence-electron chi connectivity index (χ3n) is 5.74. The van der Waals surface area contributed by atoms with Crippen LogP contribution in [-0.2, 0) is 6.42 Å². The average Bonchev–Trinajstić information content (AvgIpc) is 3.35. The number of nitrogens with two attached hydrogens (primary N) is 1. The summed E-state index contributed by atoms with van der Waals surface area (Å²) in [5.74, 6) is 0. The number of hydrogen-bond acceptors (Lipinski definition) is 3. The van der Waals surface area contributed by atoms with Gasteiger partial charge in [-0.05, 0) is 36.2 Å². The highest BCUT2D eigenvalue weighted by atomic mass is 16.3. The second-order valence-electron chi connectivity index (χ2n) is 7.53. The zero-order chi connectivity index (χ0) is 20.1. The summed E-state index contributed by atoms with van der Waals surface area (Å²) in [6.07, 6.45) is 2.81. The quantitative estimate of drug-likeness (QED) is 0.353. The number of fused-ring (bicyclic) bond motifs is 6. The van der Waals surface area contributed by atoms with Gasteiger partial charge >= 0.3 is 0 Å². The molecule has 144 valence electrons. The molecule has 0 atom stereocenters. The first-order valence-electron chi connectivity index (χ1n) is 10.0. The SMILES string of the molecule is N/C(=C\Cc1cccc2oc3ccccc3c12)c1cccc2oc3ccccc3c12. The Morgan fingerprint density at radius 3 is 1.93 bits per heavy atom. The molecule has 0 spiro atoms. The summed E-state index contributed by atoms with van der Waals surface area (Å²) < 4.78 is 12.0. The van der Waals surface area contributed by atoms with E-state index in [1.165, 1.54) is 5.56 Å². The molecule has 4 aromatic carbocycles. The predicted octanol–water partition coefficient (Wildman–Crippen LogP) is 7.03. The van der Waals surface area contributed by atoms with E-state index < -0.39 is 0 Å². The summed E-state index contributed by atoms with van der Waals surface area (Å²) >= 11 is 0. The van der Waals surface area contributed by atoms with E-state index >= 15 is 0 Å². The number of benzene rings is 4. The second-order valence-corrected chi connectivity index (χ2v) is 7.53. The van der Waals surface area contributed by atoms with Gasteiger partial charge in [-0.3, -0.25) is 0 Å². The highest BCUT2D eigenvalue weighted by molar-refractivity contribution is 6.10. The fraction of sp³-hybridized carbons (Fsp3) is 0.0370. The third-order valence-corrected chi connectivity index (χ3v) is 5.74. The first-order valence-corrected chi connectivity index (χ1v) is 10.0. The van der Waals surface area contributed by atoms with Gasteiger partial charge in [0, 0.05) is 32.8 Å². The fourth-order valence-corrected chi connectivity index (χ4v) is 4.36. The van der Waals surface area contributed by atoms with Crippen LogP contribution in [0.4, 0.5) is 0 Å². The van der Waals surface area contributed by atoms with Gasteiger partial charge in [-0.2, -0.15) is 0 Å². The Labute approximate surface area is 173 Å². The molecular formula is C27H19NO2. The van der Waals surface area contributed by atoms with Crippen molar-refractivity contribution in [3.8, 4) is 0 Å². The van der Waals surface area contributed by atoms with Crippen LogP contribution in [0, 0.1) is 0 Å². The van der Waals surface area contributed by atoms with E-state index in [4.69, 9.17) is 14.6 Å². The lowest BCUT2D eigenvalue weighted by atomic mass is 10.0. The molecule has 0 saturated heterocycles. The van der Waals surface area contributed by atoms with Crippen LogP contribution in [0.2, 0.25) is 0 Å². The summed E-state index contributed by atoms with van der Waals surface area (Å²) in [6, 6.07) is 28.5. The van der Waals surface area contributed by atoms with E-state index in [-0.39, 0.29) is 0 Å². The minimum atomic E-state index is 0.721. The fourth-order valence-electron chi connectivity index (χ4n) is 4.36. The molecule has 6 aromatic rings. The van der Waals surface area contributed by atoms with Crippen molar-refractivity contribution in [2.24, 2.45) is 5.73 Å². The lowest BCUT2D eigenvalue weighted by molar-refractivity contribution is 0.668. The Balaban J connectivity index is 1.48. The number of para-hydroxylation sites is 2. The Kier molecular flexibility index (Phi) is 3.68. The molecule has 0 aliphatic rings. The molecule has 2 heterocycles. The van der Waals surface area contributed by atoms with Crippen molar-refractivity contribution in [3.05, 3.63) is 102 Å². The van der Waals surface area contributed by atoms with Gasteiger partial charge in [0.25, 0.3) is 0 Å². The van der Waals surface area contributed by atoms with Gasteiger partial charge in [-0.1, -0.05) is 66.7 Å². The standard InChI is InChI=1S/C27H19NO2/c28-21(18-10-6-14-25-27(18)20-9-2-4-12-23(20)30-25)16-15-17-7-5-13-24-26(17)19-8-1-3-11-22(19)29-24/h1-14,16H,15,28H2/b21-16-. The van der Waals surface area contributed by atoms with E-state index in [0.29, 0.717) is 0 Å². The second kappa shape index (κ2) is 6.53. The Bertz CT molecular complexity index is 1580. The number of furan rings is 2. The van der Waals surface area contributed by atoms with Gasteiger partial charge in [0.1, 0.15) is 22.3 Å². The van der Waals surface area contributed by atoms with Crippen molar-refractivity contribution < 1.29 is 8.83 Å². The molecule has 30 heavy (non-hydrogen) atoms. The molecule has 2 N–H and O–H groups in total. The third kappa shape index (κ3) is 2.52. The highest BCUT2D eigenvalue weighted by Gasteiger charge is 2.13. The minimum Gasteiger partial charge on any atom is -0.456 e. The van der Waals surface area contributed by atoms with Crippen molar-refractivity contribution in [3.63, 3.8) is 0 Å². The summed E-state index contributed by atoms with van der Waals surface area (Å²) in [5, 5.41) is 4.44. The van der Waals surface area contributed by atoms with E-state index in [1.807, 2.05) is 60.7 Å². The lowest BCUT2D eigenvalue weighted by Crippen LogP contribution is -1.98. The first kappa shape index (κ1) is 16.9. The molecule has 6 rings (SSSR count). The van der Waals surface area contributed by atoms with Crippen molar-refractivity contribution in [2.75, 3.05) is 0 Å². The van der Waals surface area contributed by atoms with Gasteiger partial charge in [0.2, 0.25) is 0 Å². The van der Waals surface area contributed by atoms with Crippen LogP contribution in [0.25, 0.3) is 49.6 Å². The summed E-state index contributed by atoms with van der Waals surface area (Å²) in [4.78, 5) is 0. The van der Waals surface area contributed by atoms with Gasteiger partial charge < -0.3 is 14.6 Å². The van der Waals surface area contributed by atoms with E-state index in [0.717, 1.165) is 61.6 Å². The molecule has 0 amide bonds. The Hall–Kier alpha value is -3.98. The monoisotopic (exact) mass is 389 g/mol. The minimum absolute atomic E-state index is 0.721. The van der Waals surface area contributed by atoms with Crippen molar-refractivity contribution >= 4 is 49.6 Å². The van der Waals surface area contributed by atoms with E-state index in [9.17, 15) is 0 Å². The molecule has 3 heteroatoms. The van der Waals surface area contributed by atoms with Crippen molar-refractivity contribution in [2.45, 2.75) is 6.42 Å². The zero-order valence-corrected chi connectivity index (χ0v) is 16.3. The first-order chi connectivity index (χ1) is 14.8. The zero-order valence-electron chi connectivity index (χ0n) is 16.3. The maximum atomic E-state index is 6.59. The summed E-state index contributed by atoms with van der Waals surface area (Å²) in [7, 11) is 0. The maximum absolute atomic E-state index is 6.59. The molecule has 2 aromatic heterocycles. The van der Waals surface area contributed by atoms with E-state index in [1.54, 1.807) is 0 Å². The topological polar surface area (TPSA) is 52.3 Å². The molecule has 0 saturated carbocycles. The van der Waals surface area contributed by atoms with Crippen LogP contribution in [0.5, 0.6) is 0 Å². The molecule has 0 fully saturated rings. The predicted molar refractivity (Wildman–Crippen MR) is 123 cm³/mol. The van der Waals surface area contributed by atoms with Crippen molar-refractivity contribution in [1.29, 1.82) is 0 Å². The van der Waals surface area contributed by atoms with Gasteiger partial charge in [-0.25, -0.2) is 0 Å². The Morgan fingerprint density at radius 1 is 0.633 bits per heavy atom. The van der Waals surface area contributed by atoms with Gasteiger partial charge in [-0.15, -0.1) is 0 Å². The van der Waals surface area contributed by atoms with Crippen LogP contribution in [-0.4, -0.2) is 0 Å². The highest BCUT2D eigenvalue weighted by Crippen LogP contribution is 2.34. The summed E-state index contributed by atoms with van der Waals surface area (Å²) in [6.45, 7) is 0. The van der Waals surface area contributed by atoms with E-state index in [2.05, 4.69) is 30.3 Å². The molecule has 0 unspecified atom stereocenters. The van der Waals surface area contributed by atoms with Crippen LogP contribution >= 0.6 is 0 Å². The van der Waals surface area contributed by atoms with Crippen LogP contribution in [0.1, 0.15) is 11.1 Å². The molecule has 0 aliphatic carbocycles. The van der Waals surface area contributed by atoms with Crippen LogP contribution in [0.15, 0.2) is 99.8 Å². The maximum Gasteiger partial charge on any atom is 0.136 e. The number of allylic oxidation sites excluding steroid dienone is 1. The van der Waals surface area contributed by atoms with Gasteiger partial charge in [0.05, 0.1) is 0 Å².